The van der Waals surface area contributed by atoms with E-state index in [1.165, 1.54) is 11.1 Å². The molecule has 0 aromatic heterocycles. The summed E-state index contributed by atoms with van der Waals surface area (Å²) in [7, 11) is 0. The highest BCUT2D eigenvalue weighted by atomic mass is 16.5. The van der Waals surface area contributed by atoms with Crippen molar-refractivity contribution in [3.05, 3.63) is 59.7 Å². The Morgan fingerprint density at radius 3 is 2.15 bits per heavy atom. The van der Waals surface area contributed by atoms with Crippen LogP contribution in [-0.2, 0) is 14.3 Å². The van der Waals surface area contributed by atoms with E-state index in [2.05, 4.69) is 29.6 Å². The summed E-state index contributed by atoms with van der Waals surface area (Å²) >= 11 is 0. The molecule has 2 aliphatic carbocycles. The average molecular weight is 465 g/mol. The van der Waals surface area contributed by atoms with E-state index in [0.29, 0.717) is 12.8 Å². The zero-order valence-corrected chi connectivity index (χ0v) is 19.8. The first-order valence-electron chi connectivity index (χ1n) is 11.9. The number of carbonyl (C=O) groups is 3. The number of alkyl carbamates (subject to hydrolysis) is 1. The van der Waals surface area contributed by atoms with E-state index >= 15 is 0 Å². The number of hydrogen-bond donors (Lipinski definition) is 2. The molecule has 180 valence electrons. The van der Waals surface area contributed by atoms with Crippen LogP contribution in [0.3, 0.4) is 0 Å². The van der Waals surface area contributed by atoms with Crippen LogP contribution in [0.2, 0.25) is 0 Å². The first kappa shape index (κ1) is 23.8. The molecule has 0 heterocycles. The third-order valence-electron chi connectivity index (χ3n) is 7.13. The van der Waals surface area contributed by atoms with Crippen molar-refractivity contribution >= 4 is 18.0 Å². The Labute approximate surface area is 200 Å². The van der Waals surface area contributed by atoms with E-state index in [1.807, 2.05) is 38.1 Å². The van der Waals surface area contributed by atoms with Gasteiger partial charge in [0.1, 0.15) is 6.61 Å². The molecule has 0 atom stereocenters. The molecule has 2 aromatic carbocycles. The van der Waals surface area contributed by atoms with Gasteiger partial charge in [-0.1, -0.05) is 55.0 Å². The smallest absolute Gasteiger partial charge is 0.407 e. The number of nitrogens with one attached hydrogen (secondary N) is 1. The fourth-order valence-electron chi connectivity index (χ4n) is 5.08. The van der Waals surface area contributed by atoms with Gasteiger partial charge in [-0.05, 0) is 48.9 Å². The van der Waals surface area contributed by atoms with Crippen LogP contribution in [0.5, 0.6) is 0 Å². The second kappa shape index (κ2) is 9.87. The van der Waals surface area contributed by atoms with Gasteiger partial charge in [-0.25, -0.2) is 4.79 Å². The molecular formula is C27H32N2O5. The van der Waals surface area contributed by atoms with Gasteiger partial charge in [0.15, 0.2) is 0 Å². The third-order valence-corrected chi connectivity index (χ3v) is 7.13. The minimum Gasteiger partial charge on any atom is -0.481 e. The molecule has 2 aromatic rings. The Balaban J connectivity index is 1.37. The second-order valence-electron chi connectivity index (χ2n) is 9.55. The van der Waals surface area contributed by atoms with Gasteiger partial charge in [0.05, 0.1) is 11.8 Å². The first-order chi connectivity index (χ1) is 16.3. The molecule has 1 fully saturated rings. The van der Waals surface area contributed by atoms with Crippen molar-refractivity contribution in [2.75, 3.05) is 19.7 Å². The van der Waals surface area contributed by atoms with Gasteiger partial charge in [0.2, 0.25) is 5.91 Å². The summed E-state index contributed by atoms with van der Waals surface area (Å²) in [6.45, 7) is 4.34. The minimum atomic E-state index is -0.933. The van der Waals surface area contributed by atoms with Gasteiger partial charge >= 0.3 is 12.1 Å². The number of carboxylic acids is 1. The molecule has 7 heteroatoms. The van der Waals surface area contributed by atoms with Crippen LogP contribution < -0.4 is 5.32 Å². The average Bonchev–Trinajstić information content (AvgIpc) is 3.10. The molecule has 0 unspecified atom stereocenters. The highest BCUT2D eigenvalue weighted by molar-refractivity contribution is 5.85. The standard InChI is InChI=1S/C27H32N2O5/c1-18(2)29(15-12-24(30)31)25(32)27(13-7-14-27)17-28-26(33)34-16-23-21-10-5-3-8-19(21)20-9-4-6-11-22(20)23/h3-6,8-11,18,23H,7,12-17H2,1-2H3,(H,28,33)(H,30,31). The van der Waals surface area contributed by atoms with Crippen LogP contribution in [0.4, 0.5) is 4.79 Å². The van der Waals surface area contributed by atoms with Gasteiger partial charge in [0, 0.05) is 25.0 Å². The van der Waals surface area contributed by atoms with Crippen LogP contribution in [0.25, 0.3) is 11.1 Å². The molecular weight excluding hydrogens is 432 g/mol. The molecule has 2 N–H and O–H groups in total. The molecule has 0 spiro atoms. The van der Waals surface area contributed by atoms with E-state index < -0.39 is 17.5 Å². The summed E-state index contributed by atoms with van der Waals surface area (Å²) < 4.78 is 5.62. The van der Waals surface area contributed by atoms with Crippen molar-refractivity contribution < 1.29 is 24.2 Å². The third kappa shape index (κ3) is 4.65. The summed E-state index contributed by atoms with van der Waals surface area (Å²) in [5, 5.41) is 11.8. The van der Waals surface area contributed by atoms with Crippen LogP contribution in [0.1, 0.15) is 56.6 Å². The van der Waals surface area contributed by atoms with Crippen molar-refractivity contribution in [1.82, 2.24) is 10.2 Å². The lowest BCUT2D eigenvalue weighted by Crippen LogP contribution is -2.55. The number of rotatable bonds is 9. The molecule has 2 amide bonds. The monoisotopic (exact) mass is 464 g/mol. The van der Waals surface area contributed by atoms with Crippen LogP contribution >= 0.6 is 0 Å². The Bertz CT molecular complexity index is 1030. The van der Waals surface area contributed by atoms with Gasteiger partial charge in [0.25, 0.3) is 0 Å². The molecule has 0 bridgehead atoms. The lowest BCUT2D eigenvalue weighted by atomic mass is 9.67. The number of amides is 2. The molecule has 34 heavy (non-hydrogen) atoms. The zero-order chi connectivity index (χ0) is 24.3. The van der Waals surface area contributed by atoms with Crippen molar-refractivity contribution in [3.8, 4) is 11.1 Å². The molecule has 4 rings (SSSR count). The number of benzene rings is 2. The number of ether oxygens (including phenoxy) is 1. The van der Waals surface area contributed by atoms with Crippen molar-refractivity contribution in [3.63, 3.8) is 0 Å². The molecule has 0 aliphatic heterocycles. The van der Waals surface area contributed by atoms with E-state index in [9.17, 15) is 14.4 Å². The highest BCUT2D eigenvalue weighted by Gasteiger charge is 2.47. The molecule has 0 saturated heterocycles. The Kier molecular flexibility index (Phi) is 6.91. The van der Waals surface area contributed by atoms with Crippen LogP contribution in [0, 0.1) is 5.41 Å². The predicted molar refractivity (Wildman–Crippen MR) is 128 cm³/mol. The summed E-state index contributed by atoms with van der Waals surface area (Å²) in [5.41, 5.74) is 3.94. The van der Waals surface area contributed by atoms with Gasteiger partial charge in [-0.15, -0.1) is 0 Å². The molecule has 2 aliphatic rings. The minimum absolute atomic E-state index is 0.0232. The van der Waals surface area contributed by atoms with Crippen LogP contribution in [0.15, 0.2) is 48.5 Å². The van der Waals surface area contributed by atoms with Crippen molar-refractivity contribution in [2.45, 2.75) is 51.5 Å². The number of fused-ring (bicyclic) bond motifs is 3. The Morgan fingerprint density at radius 1 is 1.06 bits per heavy atom. The molecule has 1 saturated carbocycles. The maximum absolute atomic E-state index is 13.3. The largest absolute Gasteiger partial charge is 0.481 e. The summed E-state index contributed by atoms with van der Waals surface area (Å²) in [6, 6.07) is 16.2. The van der Waals surface area contributed by atoms with E-state index in [4.69, 9.17) is 9.84 Å². The number of aliphatic carboxylic acids is 1. The number of carboxylic acid groups (broad SMARTS) is 1. The summed E-state index contributed by atoms with van der Waals surface area (Å²) in [6.07, 6.45) is 1.61. The number of nitrogens with zero attached hydrogens (tertiary/aromatic N) is 1. The quantitative estimate of drug-likeness (QED) is 0.573. The van der Waals surface area contributed by atoms with Gasteiger partial charge in [-0.2, -0.15) is 0 Å². The highest BCUT2D eigenvalue weighted by Crippen LogP contribution is 2.45. The maximum atomic E-state index is 13.3. The lowest BCUT2D eigenvalue weighted by Gasteiger charge is -2.44. The van der Waals surface area contributed by atoms with Gasteiger partial charge < -0.3 is 20.1 Å². The van der Waals surface area contributed by atoms with Crippen LogP contribution in [-0.4, -0.2) is 53.7 Å². The fourth-order valence-corrected chi connectivity index (χ4v) is 5.08. The SMILES string of the molecule is CC(C)N(CCC(=O)O)C(=O)C1(CNC(=O)OCC2c3ccccc3-c3ccccc32)CCC1. The van der Waals surface area contributed by atoms with Crippen molar-refractivity contribution in [1.29, 1.82) is 0 Å². The molecule has 0 radical (unpaired) electrons. The lowest BCUT2D eigenvalue weighted by molar-refractivity contribution is -0.150. The summed E-state index contributed by atoms with van der Waals surface area (Å²) in [5.74, 6) is -1.04. The Morgan fingerprint density at radius 2 is 1.65 bits per heavy atom. The number of hydrogen-bond acceptors (Lipinski definition) is 4. The molecule has 7 nitrogen and oxygen atoms in total. The van der Waals surface area contributed by atoms with E-state index in [0.717, 1.165) is 17.5 Å². The maximum Gasteiger partial charge on any atom is 0.407 e. The van der Waals surface area contributed by atoms with E-state index in [-0.39, 0.29) is 44.0 Å². The second-order valence-corrected chi connectivity index (χ2v) is 9.55. The van der Waals surface area contributed by atoms with E-state index in [1.54, 1.807) is 4.90 Å². The van der Waals surface area contributed by atoms with Crippen molar-refractivity contribution in [2.24, 2.45) is 5.41 Å². The topological polar surface area (TPSA) is 95.9 Å². The Hall–Kier alpha value is -3.35. The number of carbonyl (C=O) groups excluding carboxylic acids is 2. The normalized spacial score (nSPS) is 15.7. The van der Waals surface area contributed by atoms with Gasteiger partial charge in [-0.3, -0.25) is 9.59 Å². The first-order valence-corrected chi connectivity index (χ1v) is 11.9. The zero-order valence-electron chi connectivity index (χ0n) is 19.8. The summed E-state index contributed by atoms with van der Waals surface area (Å²) in [4.78, 5) is 38.6. The fraction of sp³-hybridized carbons (Fsp3) is 0.444. The predicted octanol–water partition coefficient (Wildman–Crippen LogP) is 4.41.